The maximum absolute atomic E-state index is 10.0. The molecule has 0 aliphatic rings. The molecule has 2 N–H and O–H groups in total. The maximum Gasteiger partial charge on any atom is 0.226 e. The first-order chi connectivity index (χ1) is 8.43. The number of hydrogen-bond donors (Lipinski definition) is 2. The van der Waals surface area contributed by atoms with Crippen LogP contribution in [0.2, 0.25) is 0 Å². The topological polar surface area (TPSA) is 67.3 Å². The van der Waals surface area contributed by atoms with Crippen molar-refractivity contribution < 1.29 is 9.84 Å². The Labute approximate surface area is 109 Å². The van der Waals surface area contributed by atoms with E-state index in [9.17, 15) is 5.11 Å². The second-order valence-corrected chi connectivity index (χ2v) is 4.99. The van der Waals surface area contributed by atoms with Gasteiger partial charge in [-0.05, 0) is 27.2 Å². The lowest BCUT2D eigenvalue weighted by Crippen LogP contribution is -2.33. The van der Waals surface area contributed by atoms with E-state index in [1.807, 2.05) is 20.8 Å². The van der Waals surface area contributed by atoms with Crippen molar-refractivity contribution in [1.29, 1.82) is 0 Å². The summed E-state index contributed by atoms with van der Waals surface area (Å²) in [7, 11) is 0. The average Bonchev–Trinajstić information content (AvgIpc) is 2.26. The molecular formula is C13H23N3O2. The van der Waals surface area contributed by atoms with Crippen LogP contribution in [0.5, 0.6) is 5.88 Å². The first kappa shape index (κ1) is 14.7. The fourth-order valence-corrected chi connectivity index (χ4v) is 1.63. The van der Waals surface area contributed by atoms with Crippen molar-refractivity contribution >= 4 is 5.95 Å². The van der Waals surface area contributed by atoms with Crippen LogP contribution in [0.25, 0.3) is 0 Å². The fourth-order valence-electron chi connectivity index (χ4n) is 1.63. The van der Waals surface area contributed by atoms with Crippen LogP contribution in [0, 0.1) is 0 Å². The Hall–Kier alpha value is -1.36. The molecule has 5 nitrogen and oxygen atoms in total. The fraction of sp³-hybridized carbons (Fsp3) is 0.692. The Morgan fingerprint density at radius 3 is 2.83 bits per heavy atom. The van der Waals surface area contributed by atoms with Crippen LogP contribution in [-0.4, -0.2) is 33.3 Å². The van der Waals surface area contributed by atoms with E-state index in [-0.39, 0.29) is 6.10 Å². The van der Waals surface area contributed by atoms with E-state index in [1.54, 1.807) is 19.2 Å². The minimum atomic E-state index is -0.743. The number of nitrogens with one attached hydrogen (secondary N) is 1. The molecule has 0 fully saturated rings. The van der Waals surface area contributed by atoms with E-state index < -0.39 is 5.60 Å². The van der Waals surface area contributed by atoms with E-state index in [4.69, 9.17) is 4.74 Å². The Kier molecular flexibility index (Phi) is 5.34. The van der Waals surface area contributed by atoms with Gasteiger partial charge in [-0.3, -0.25) is 0 Å². The summed E-state index contributed by atoms with van der Waals surface area (Å²) in [5.74, 6) is 1.02. The zero-order valence-corrected chi connectivity index (χ0v) is 11.6. The molecule has 1 heterocycles. The van der Waals surface area contributed by atoms with E-state index in [0.29, 0.717) is 18.4 Å². The van der Waals surface area contributed by atoms with Gasteiger partial charge in [0.2, 0.25) is 11.8 Å². The number of anilines is 1. The summed E-state index contributed by atoms with van der Waals surface area (Å²) in [6.07, 6.45) is 3.39. The first-order valence-electron chi connectivity index (χ1n) is 6.39. The Morgan fingerprint density at radius 2 is 2.22 bits per heavy atom. The predicted octanol–water partition coefficient (Wildman–Crippen LogP) is 2.23. The van der Waals surface area contributed by atoms with E-state index in [1.165, 1.54) is 0 Å². The monoisotopic (exact) mass is 253 g/mol. The quantitative estimate of drug-likeness (QED) is 0.780. The SMILES string of the molecule is CCCC(C)(O)CNc1nccc(OC(C)C)n1. The summed E-state index contributed by atoms with van der Waals surface area (Å²) in [4.78, 5) is 8.32. The van der Waals surface area contributed by atoms with Crippen molar-refractivity contribution in [2.75, 3.05) is 11.9 Å². The van der Waals surface area contributed by atoms with E-state index in [0.717, 1.165) is 12.8 Å². The highest BCUT2D eigenvalue weighted by molar-refractivity contribution is 5.28. The van der Waals surface area contributed by atoms with Crippen LogP contribution in [0.15, 0.2) is 12.3 Å². The molecule has 102 valence electrons. The number of nitrogens with zero attached hydrogens (tertiary/aromatic N) is 2. The lowest BCUT2D eigenvalue weighted by atomic mass is 10.0. The molecule has 1 aromatic heterocycles. The molecule has 5 heteroatoms. The minimum absolute atomic E-state index is 0.0796. The molecule has 0 aliphatic heterocycles. The van der Waals surface area contributed by atoms with Crippen LogP contribution >= 0.6 is 0 Å². The maximum atomic E-state index is 10.0. The lowest BCUT2D eigenvalue weighted by molar-refractivity contribution is 0.0634. The summed E-state index contributed by atoms with van der Waals surface area (Å²) in [5, 5.41) is 13.1. The summed E-state index contributed by atoms with van der Waals surface area (Å²) >= 11 is 0. The molecule has 1 aromatic rings. The lowest BCUT2D eigenvalue weighted by Gasteiger charge is -2.22. The predicted molar refractivity (Wildman–Crippen MR) is 71.8 cm³/mol. The van der Waals surface area contributed by atoms with Gasteiger partial charge >= 0.3 is 0 Å². The Bertz CT molecular complexity index is 367. The average molecular weight is 253 g/mol. The van der Waals surface area contributed by atoms with Gasteiger partial charge in [-0.15, -0.1) is 0 Å². The second kappa shape index (κ2) is 6.54. The molecule has 1 atom stereocenters. The standard InChI is InChI=1S/C13H23N3O2/c1-5-7-13(4,17)9-15-12-14-8-6-11(16-12)18-10(2)3/h6,8,10,17H,5,7,9H2,1-4H3,(H,14,15,16). The van der Waals surface area contributed by atoms with Gasteiger partial charge in [0.1, 0.15) is 0 Å². The highest BCUT2D eigenvalue weighted by Gasteiger charge is 2.19. The summed E-state index contributed by atoms with van der Waals surface area (Å²) in [6.45, 7) is 8.16. The second-order valence-electron chi connectivity index (χ2n) is 4.99. The van der Waals surface area contributed by atoms with Crippen LogP contribution in [-0.2, 0) is 0 Å². The molecule has 0 aromatic carbocycles. The summed E-state index contributed by atoms with van der Waals surface area (Å²) < 4.78 is 5.48. The van der Waals surface area contributed by atoms with Crippen molar-refractivity contribution in [3.05, 3.63) is 12.3 Å². The van der Waals surface area contributed by atoms with E-state index in [2.05, 4.69) is 15.3 Å². The molecule has 0 radical (unpaired) electrons. The zero-order valence-electron chi connectivity index (χ0n) is 11.6. The normalized spacial score (nSPS) is 14.3. The highest BCUT2D eigenvalue weighted by Crippen LogP contribution is 2.14. The molecular weight excluding hydrogens is 230 g/mol. The molecule has 1 unspecified atom stereocenters. The molecule has 0 saturated carbocycles. The number of aromatic nitrogens is 2. The van der Waals surface area contributed by atoms with Crippen molar-refractivity contribution in [2.24, 2.45) is 0 Å². The number of aliphatic hydroxyl groups is 1. The summed E-state index contributed by atoms with van der Waals surface area (Å²) in [5.41, 5.74) is -0.743. The molecule has 1 rings (SSSR count). The van der Waals surface area contributed by atoms with Gasteiger partial charge in [0.15, 0.2) is 0 Å². The molecule has 0 saturated heterocycles. The third-order valence-electron chi connectivity index (χ3n) is 2.40. The van der Waals surface area contributed by atoms with Crippen LogP contribution < -0.4 is 10.1 Å². The van der Waals surface area contributed by atoms with Crippen molar-refractivity contribution in [3.63, 3.8) is 0 Å². The molecule has 0 amide bonds. The van der Waals surface area contributed by atoms with Gasteiger partial charge in [0.05, 0.1) is 11.7 Å². The third-order valence-corrected chi connectivity index (χ3v) is 2.40. The minimum Gasteiger partial charge on any atom is -0.475 e. The molecule has 0 bridgehead atoms. The molecule has 0 spiro atoms. The van der Waals surface area contributed by atoms with E-state index >= 15 is 0 Å². The van der Waals surface area contributed by atoms with Gasteiger partial charge in [0.25, 0.3) is 0 Å². The third kappa shape index (κ3) is 5.31. The van der Waals surface area contributed by atoms with Crippen LogP contribution in [0.3, 0.4) is 0 Å². The van der Waals surface area contributed by atoms with Gasteiger partial charge in [0, 0.05) is 18.8 Å². The van der Waals surface area contributed by atoms with Crippen LogP contribution in [0.1, 0.15) is 40.5 Å². The smallest absolute Gasteiger partial charge is 0.226 e. The van der Waals surface area contributed by atoms with Gasteiger partial charge in [-0.25, -0.2) is 4.98 Å². The Balaban J connectivity index is 2.57. The van der Waals surface area contributed by atoms with Gasteiger partial charge in [-0.2, -0.15) is 4.98 Å². The Morgan fingerprint density at radius 1 is 1.50 bits per heavy atom. The molecule has 18 heavy (non-hydrogen) atoms. The molecule has 0 aliphatic carbocycles. The highest BCUT2D eigenvalue weighted by atomic mass is 16.5. The zero-order chi connectivity index (χ0) is 13.6. The number of ether oxygens (including phenoxy) is 1. The van der Waals surface area contributed by atoms with Crippen molar-refractivity contribution in [1.82, 2.24) is 9.97 Å². The number of rotatable bonds is 7. The largest absolute Gasteiger partial charge is 0.475 e. The number of hydrogen-bond acceptors (Lipinski definition) is 5. The first-order valence-corrected chi connectivity index (χ1v) is 6.39. The van der Waals surface area contributed by atoms with Crippen LogP contribution in [0.4, 0.5) is 5.95 Å². The summed E-state index contributed by atoms with van der Waals surface area (Å²) in [6, 6.07) is 1.72. The van der Waals surface area contributed by atoms with Crippen molar-refractivity contribution in [3.8, 4) is 5.88 Å². The van der Waals surface area contributed by atoms with Gasteiger partial charge < -0.3 is 15.2 Å². The van der Waals surface area contributed by atoms with Crippen molar-refractivity contribution in [2.45, 2.75) is 52.2 Å². The van der Waals surface area contributed by atoms with Gasteiger partial charge in [-0.1, -0.05) is 13.3 Å².